The highest BCUT2D eigenvalue weighted by Gasteiger charge is 2.26. The van der Waals surface area contributed by atoms with Crippen molar-refractivity contribution in [3.63, 3.8) is 0 Å². The number of hydrogen-bond acceptors (Lipinski definition) is 10. The number of rotatable bonds is 17. The molecule has 0 aliphatic heterocycles. The van der Waals surface area contributed by atoms with E-state index in [4.69, 9.17) is 19.4 Å². The molecule has 0 amide bonds. The first-order valence-corrected chi connectivity index (χ1v) is 17.7. The van der Waals surface area contributed by atoms with Crippen LogP contribution in [-0.2, 0) is 24.2 Å². The van der Waals surface area contributed by atoms with E-state index in [0.29, 0.717) is 48.7 Å². The van der Waals surface area contributed by atoms with Gasteiger partial charge in [-0.1, -0.05) is 102 Å². The molecule has 0 unspecified atom stereocenters. The van der Waals surface area contributed by atoms with Gasteiger partial charge in [-0.15, -0.1) is 0 Å². The van der Waals surface area contributed by atoms with E-state index >= 15 is 0 Å². The molecule has 0 atom stereocenters. The Hall–Kier alpha value is -2.86. The Morgan fingerprint density at radius 2 is 1.06 bits per heavy atom. The lowest BCUT2D eigenvalue weighted by Crippen LogP contribution is -2.19. The molecule has 292 valence electrons. The van der Waals surface area contributed by atoms with Crippen LogP contribution in [0.4, 0.5) is 13.2 Å². The zero-order valence-electron chi connectivity index (χ0n) is 33.5. The molecule has 49 heavy (non-hydrogen) atoms. The normalized spacial score (nSPS) is 13.8. The summed E-state index contributed by atoms with van der Waals surface area (Å²) in [6.45, 7) is 31.6. The minimum atomic E-state index is -4.17. The van der Waals surface area contributed by atoms with Gasteiger partial charge in [0.2, 0.25) is 0 Å². The van der Waals surface area contributed by atoms with Crippen molar-refractivity contribution in [2.75, 3.05) is 26.4 Å². The third kappa shape index (κ3) is 52.1. The van der Waals surface area contributed by atoms with E-state index in [9.17, 15) is 13.2 Å². The third-order valence-electron chi connectivity index (χ3n) is 5.61. The Morgan fingerprint density at radius 1 is 0.633 bits per heavy atom. The highest BCUT2D eigenvalue weighted by molar-refractivity contribution is 5.83. The van der Waals surface area contributed by atoms with Crippen molar-refractivity contribution in [1.29, 1.82) is 0 Å². The molecule has 0 N–H and O–H groups in total. The number of hydrogen-bond donors (Lipinski definition) is 0. The minimum Gasteiger partial charge on any atom is -0.396 e. The fourth-order valence-corrected chi connectivity index (χ4v) is 1.95. The maximum atomic E-state index is 11.6. The van der Waals surface area contributed by atoms with E-state index in [-0.39, 0.29) is 5.92 Å². The van der Waals surface area contributed by atoms with Gasteiger partial charge >= 0.3 is 6.18 Å². The van der Waals surface area contributed by atoms with Crippen molar-refractivity contribution in [1.82, 2.24) is 0 Å². The predicted octanol–water partition coefficient (Wildman–Crippen LogP) is 11.0. The Labute approximate surface area is 297 Å². The maximum Gasteiger partial charge on any atom is 0.392 e. The zero-order valence-corrected chi connectivity index (χ0v) is 33.5. The van der Waals surface area contributed by atoms with Gasteiger partial charge in [0.25, 0.3) is 0 Å². The van der Waals surface area contributed by atoms with Crippen LogP contribution in [0.1, 0.15) is 136 Å². The Kier molecular flexibility index (Phi) is 39.4. The summed E-state index contributed by atoms with van der Waals surface area (Å²) in [4.78, 5) is 24.1. The Balaban J connectivity index is -0.000000261. The first kappa shape index (κ1) is 52.9. The van der Waals surface area contributed by atoms with E-state index in [1.165, 1.54) is 19.3 Å². The molecule has 1 fully saturated rings. The topological polar surface area (TPSA) is 108 Å². The molecule has 13 heteroatoms. The van der Waals surface area contributed by atoms with Crippen molar-refractivity contribution in [2.45, 2.75) is 148 Å². The molecule has 0 bridgehead atoms. The molecule has 1 aliphatic carbocycles. The highest BCUT2D eigenvalue weighted by Crippen LogP contribution is 2.21. The summed E-state index contributed by atoms with van der Waals surface area (Å²) < 4.78 is 34.8. The molecule has 0 aromatic carbocycles. The molecule has 0 spiro atoms. The Morgan fingerprint density at radius 3 is 1.41 bits per heavy atom. The lowest BCUT2D eigenvalue weighted by atomic mass is 9.97. The van der Waals surface area contributed by atoms with E-state index < -0.39 is 19.2 Å². The quantitative estimate of drug-likeness (QED) is 0.0847. The van der Waals surface area contributed by atoms with Crippen LogP contribution >= 0.6 is 0 Å². The molecule has 0 aromatic rings. The largest absolute Gasteiger partial charge is 0.396 e. The molecule has 0 heterocycles. The van der Waals surface area contributed by atoms with Crippen LogP contribution in [0.15, 0.2) is 25.8 Å². The number of halogens is 3. The second kappa shape index (κ2) is 36.4. The van der Waals surface area contributed by atoms with E-state index in [2.05, 4.69) is 92.9 Å². The lowest BCUT2D eigenvalue weighted by Gasteiger charge is -2.22. The van der Waals surface area contributed by atoms with Crippen molar-refractivity contribution in [3.05, 3.63) is 0 Å². The minimum absolute atomic E-state index is 0.200. The van der Waals surface area contributed by atoms with Gasteiger partial charge in [0.1, 0.15) is 32.5 Å². The SMILES string of the molecule is C/C(=N\OCCC(F)(F)F)C(C)C.CC(C)/C=N/OC1CCC1.CCCO/N=C/C(C)C.CCO/N=C(\C)C(C)C.CCO/N=C/C(C)C. The summed E-state index contributed by atoms with van der Waals surface area (Å²) in [5, 5.41) is 18.7. The van der Waals surface area contributed by atoms with Gasteiger partial charge in [-0.2, -0.15) is 13.2 Å². The van der Waals surface area contributed by atoms with Crippen LogP contribution < -0.4 is 0 Å². The second-order valence-electron chi connectivity index (χ2n) is 12.8. The smallest absolute Gasteiger partial charge is 0.392 e. The maximum absolute atomic E-state index is 11.6. The third-order valence-corrected chi connectivity index (χ3v) is 5.61. The van der Waals surface area contributed by atoms with Gasteiger partial charge in [0.05, 0.1) is 17.8 Å². The average molecular weight is 712 g/mol. The van der Waals surface area contributed by atoms with Crippen LogP contribution in [0.5, 0.6) is 0 Å². The molecule has 1 saturated carbocycles. The molecule has 1 aliphatic rings. The second-order valence-corrected chi connectivity index (χ2v) is 12.8. The first-order chi connectivity index (χ1) is 22.8. The molecular formula is C36H72F3N5O5. The van der Waals surface area contributed by atoms with Gasteiger partial charge in [0.15, 0.2) is 0 Å². The summed E-state index contributed by atoms with van der Waals surface area (Å²) in [6.07, 6.45) is 5.44. The van der Waals surface area contributed by atoms with E-state index in [0.717, 1.165) is 18.7 Å². The summed E-state index contributed by atoms with van der Waals surface area (Å²) in [5.41, 5.74) is 1.75. The first-order valence-electron chi connectivity index (χ1n) is 17.7. The highest BCUT2D eigenvalue weighted by atomic mass is 19.4. The number of alkyl halides is 3. The summed E-state index contributed by atoms with van der Waals surface area (Å²) in [6, 6.07) is 0. The summed E-state index contributed by atoms with van der Waals surface area (Å²) in [7, 11) is 0. The fourth-order valence-electron chi connectivity index (χ4n) is 1.95. The van der Waals surface area contributed by atoms with Crippen LogP contribution in [0.3, 0.4) is 0 Å². The van der Waals surface area contributed by atoms with Crippen molar-refractivity contribution in [2.24, 2.45) is 55.4 Å². The summed E-state index contributed by atoms with van der Waals surface area (Å²) in [5.74, 6) is 2.17. The molecule has 0 saturated heterocycles. The lowest BCUT2D eigenvalue weighted by molar-refractivity contribution is -0.145. The predicted molar refractivity (Wildman–Crippen MR) is 201 cm³/mol. The fraction of sp³-hybridized carbons (Fsp3) is 0.861. The van der Waals surface area contributed by atoms with Crippen molar-refractivity contribution >= 4 is 30.1 Å². The molecule has 10 nitrogen and oxygen atoms in total. The van der Waals surface area contributed by atoms with E-state index in [1.54, 1.807) is 19.4 Å². The molecule has 1 rings (SSSR count). The van der Waals surface area contributed by atoms with Crippen LogP contribution in [0, 0.1) is 29.6 Å². The van der Waals surface area contributed by atoms with Gasteiger partial charge in [-0.25, -0.2) is 0 Å². The Bertz CT molecular complexity index is 856. The number of oxime groups is 5. The van der Waals surface area contributed by atoms with Gasteiger partial charge in [0, 0.05) is 18.6 Å². The van der Waals surface area contributed by atoms with Crippen LogP contribution in [0.2, 0.25) is 0 Å². The zero-order chi connectivity index (χ0) is 38.7. The molecule has 0 radical (unpaired) electrons. The van der Waals surface area contributed by atoms with Crippen molar-refractivity contribution in [3.8, 4) is 0 Å². The van der Waals surface area contributed by atoms with Gasteiger partial charge < -0.3 is 24.2 Å². The van der Waals surface area contributed by atoms with Crippen LogP contribution in [0.25, 0.3) is 0 Å². The monoisotopic (exact) mass is 712 g/mol. The van der Waals surface area contributed by atoms with Crippen molar-refractivity contribution < 1.29 is 37.4 Å². The molecule has 0 aromatic heterocycles. The van der Waals surface area contributed by atoms with Gasteiger partial charge in [-0.05, 0) is 83.0 Å². The summed E-state index contributed by atoms with van der Waals surface area (Å²) >= 11 is 0. The molecular weight excluding hydrogens is 639 g/mol. The van der Waals surface area contributed by atoms with Gasteiger partial charge in [-0.3, -0.25) is 0 Å². The average Bonchev–Trinajstić information content (AvgIpc) is 2.98. The van der Waals surface area contributed by atoms with Crippen LogP contribution in [-0.4, -0.2) is 68.8 Å². The van der Waals surface area contributed by atoms with E-state index in [1.807, 2.05) is 40.8 Å². The standard InChI is InChI=1S/C8H14F3NO.C8H15NO.2C7H15NO.C6H13NO/c1-6(2)7(3)12-13-5-4-8(9,10)11;1-7(2)6-9-10-8-4-3-5-8;1-5-9-8-7(4)6(2)3;1-4-5-9-8-6-7(2)3;1-4-8-7-5-6(2)3/h6H,4-5H2,1-3H3;6-8H,3-5H2,1-2H3;6H,5H2,1-4H3;6-7H,4-5H2,1-3H3;5-6H,4H2,1-3H3/b12-7+;9-6+;8-7+;8-6+;7-5+. The number of nitrogens with zero attached hydrogens (tertiary/aromatic N) is 5.